The molecule has 0 amide bonds. The lowest BCUT2D eigenvalue weighted by molar-refractivity contribution is 0.583. The van der Waals surface area contributed by atoms with Crippen LogP contribution in [0, 0.1) is 0 Å². The molecule has 0 spiro atoms. The van der Waals surface area contributed by atoms with Crippen molar-refractivity contribution in [3.05, 3.63) is 30.7 Å². The fourth-order valence-corrected chi connectivity index (χ4v) is 2.63. The largest absolute Gasteiger partial charge is 0.274 e. The SMILES string of the molecule is NS(=O)(=O)NCc1c(Cl)c(Cl)c(Cl)c(Cl)c1Cl. The Bertz CT molecular complexity index is 531. The molecule has 0 unspecified atom stereocenters. The monoisotopic (exact) mass is 356 g/mol. The topological polar surface area (TPSA) is 72.2 Å². The van der Waals surface area contributed by atoms with Gasteiger partial charge in [0, 0.05) is 12.1 Å². The van der Waals surface area contributed by atoms with Gasteiger partial charge in [0.2, 0.25) is 0 Å². The van der Waals surface area contributed by atoms with Crippen LogP contribution in [0.25, 0.3) is 0 Å². The molecule has 3 N–H and O–H groups in total. The molecule has 0 aliphatic heterocycles. The third-order valence-corrected chi connectivity index (χ3v) is 4.65. The molecule has 0 saturated carbocycles. The van der Waals surface area contributed by atoms with E-state index in [1.807, 2.05) is 4.72 Å². The number of hydrogen-bond acceptors (Lipinski definition) is 2. The number of benzene rings is 1. The number of nitrogens with one attached hydrogen (secondary N) is 1. The van der Waals surface area contributed by atoms with E-state index in [4.69, 9.17) is 63.1 Å². The molecule has 10 heteroatoms. The number of halogens is 5. The number of rotatable bonds is 3. The van der Waals surface area contributed by atoms with Gasteiger partial charge in [-0.25, -0.2) is 5.14 Å². The maximum atomic E-state index is 10.8. The number of hydrogen-bond donors (Lipinski definition) is 2. The van der Waals surface area contributed by atoms with Crippen molar-refractivity contribution in [2.24, 2.45) is 5.14 Å². The molecule has 0 radical (unpaired) electrons. The molecule has 0 atom stereocenters. The number of nitrogens with two attached hydrogens (primary N) is 1. The maximum Gasteiger partial charge on any atom is 0.274 e. The van der Waals surface area contributed by atoms with Gasteiger partial charge in [-0.15, -0.1) is 0 Å². The van der Waals surface area contributed by atoms with Crippen LogP contribution < -0.4 is 9.86 Å². The van der Waals surface area contributed by atoms with Crippen molar-refractivity contribution in [2.75, 3.05) is 0 Å². The van der Waals surface area contributed by atoms with E-state index in [2.05, 4.69) is 0 Å². The first-order chi connectivity index (χ1) is 7.65. The molecule has 0 aliphatic carbocycles. The normalized spacial score (nSPS) is 11.9. The maximum absolute atomic E-state index is 10.8. The van der Waals surface area contributed by atoms with Crippen molar-refractivity contribution in [1.82, 2.24) is 4.72 Å². The lowest BCUT2D eigenvalue weighted by Gasteiger charge is -2.12. The van der Waals surface area contributed by atoms with Crippen LogP contribution in [-0.2, 0) is 16.8 Å². The Kier molecular flexibility index (Phi) is 5.20. The molecule has 0 bridgehead atoms. The summed E-state index contributed by atoms with van der Waals surface area (Å²) in [5.41, 5.74) is 0.196. The Hall–Kier alpha value is 0.540. The fraction of sp³-hybridized carbons (Fsp3) is 0.143. The van der Waals surface area contributed by atoms with E-state index in [0.717, 1.165) is 0 Å². The Balaban J connectivity index is 3.25. The average Bonchev–Trinajstić information content (AvgIpc) is 2.22. The van der Waals surface area contributed by atoms with Gasteiger partial charge in [-0.1, -0.05) is 58.0 Å². The summed E-state index contributed by atoms with van der Waals surface area (Å²) in [4.78, 5) is 0. The van der Waals surface area contributed by atoms with Gasteiger partial charge in [0.15, 0.2) is 0 Å². The van der Waals surface area contributed by atoms with Crippen LogP contribution in [0.5, 0.6) is 0 Å². The molecular weight excluding hydrogens is 353 g/mol. The zero-order valence-electron chi connectivity index (χ0n) is 7.90. The third-order valence-electron chi connectivity index (χ3n) is 1.75. The molecule has 4 nitrogen and oxygen atoms in total. The molecule has 0 saturated heterocycles. The van der Waals surface area contributed by atoms with E-state index in [1.54, 1.807) is 0 Å². The second-order valence-corrected chi connectivity index (χ2v) is 6.18. The minimum absolute atomic E-state index is 0.00249. The van der Waals surface area contributed by atoms with Gasteiger partial charge in [0.1, 0.15) is 0 Å². The Labute approximate surface area is 123 Å². The van der Waals surface area contributed by atoms with Crippen molar-refractivity contribution >= 4 is 68.2 Å². The molecule has 1 aromatic rings. The van der Waals surface area contributed by atoms with Crippen molar-refractivity contribution in [3.8, 4) is 0 Å². The van der Waals surface area contributed by atoms with Crippen LogP contribution in [-0.4, -0.2) is 8.42 Å². The van der Waals surface area contributed by atoms with Gasteiger partial charge in [-0.2, -0.15) is 13.1 Å². The van der Waals surface area contributed by atoms with E-state index < -0.39 is 10.2 Å². The van der Waals surface area contributed by atoms with Crippen molar-refractivity contribution in [1.29, 1.82) is 0 Å². The highest BCUT2D eigenvalue weighted by Gasteiger charge is 2.19. The summed E-state index contributed by atoms with van der Waals surface area (Å²) < 4.78 is 23.5. The van der Waals surface area contributed by atoms with Gasteiger partial charge in [0.25, 0.3) is 10.2 Å². The van der Waals surface area contributed by atoms with Gasteiger partial charge in [-0.05, 0) is 0 Å². The van der Waals surface area contributed by atoms with Crippen molar-refractivity contribution < 1.29 is 8.42 Å². The van der Waals surface area contributed by atoms with E-state index in [9.17, 15) is 8.42 Å². The predicted molar refractivity (Wildman–Crippen MR) is 71.4 cm³/mol. The van der Waals surface area contributed by atoms with Crippen LogP contribution in [0.15, 0.2) is 0 Å². The highest BCUT2D eigenvalue weighted by Crippen LogP contribution is 2.43. The lowest BCUT2D eigenvalue weighted by atomic mass is 10.2. The van der Waals surface area contributed by atoms with E-state index in [-0.39, 0.29) is 37.2 Å². The zero-order valence-corrected chi connectivity index (χ0v) is 12.5. The van der Waals surface area contributed by atoms with Crippen molar-refractivity contribution in [3.63, 3.8) is 0 Å². The Morgan fingerprint density at radius 3 is 1.59 bits per heavy atom. The summed E-state index contributed by atoms with van der Waals surface area (Å²) in [7, 11) is -3.88. The molecule has 0 heterocycles. The van der Waals surface area contributed by atoms with Crippen LogP contribution in [0.3, 0.4) is 0 Å². The van der Waals surface area contributed by atoms with Gasteiger partial charge < -0.3 is 0 Å². The minimum Gasteiger partial charge on any atom is -0.216 e. The molecule has 0 fully saturated rings. The first kappa shape index (κ1) is 15.6. The van der Waals surface area contributed by atoms with Gasteiger partial charge >= 0.3 is 0 Å². The first-order valence-corrected chi connectivity index (χ1v) is 7.36. The minimum atomic E-state index is -3.88. The molecule has 1 aromatic carbocycles. The summed E-state index contributed by atoms with van der Waals surface area (Å²) in [5, 5.41) is 4.80. The van der Waals surface area contributed by atoms with Crippen LogP contribution in [0.1, 0.15) is 5.56 Å². The third kappa shape index (κ3) is 3.75. The standard InChI is InChI=1S/C7H5Cl5N2O2S/c8-3-2(1-14-17(13,15)16)4(9)6(11)7(12)5(3)10/h14H,1H2,(H2,13,15,16). The second-order valence-electron chi connectivity index (χ2n) is 2.91. The van der Waals surface area contributed by atoms with Gasteiger partial charge in [0.05, 0.1) is 25.1 Å². The van der Waals surface area contributed by atoms with Crippen LogP contribution in [0.2, 0.25) is 25.1 Å². The Morgan fingerprint density at radius 1 is 0.882 bits per heavy atom. The second kappa shape index (κ2) is 5.67. The van der Waals surface area contributed by atoms with Crippen LogP contribution in [0.4, 0.5) is 0 Å². The summed E-state index contributed by atoms with van der Waals surface area (Å²) in [5.74, 6) is 0. The molecule has 17 heavy (non-hydrogen) atoms. The summed E-state index contributed by atoms with van der Waals surface area (Å²) >= 11 is 29.1. The first-order valence-electron chi connectivity index (χ1n) is 3.93. The van der Waals surface area contributed by atoms with E-state index >= 15 is 0 Å². The highest BCUT2D eigenvalue weighted by atomic mass is 35.5. The molecular formula is C7H5Cl5N2O2S. The highest BCUT2D eigenvalue weighted by molar-refractivity contribution is 7.87. The summed E-state index contributed by atoms with van der Waals surface area (Å²) in [6, 6.07) is 0. The van der Waals surface area contributed by atoms with E-state index in [1.165, 1.54) is 0 Å². The Morgan fingerprint density at radius 2 is 1.24 bits per heavy atom. The predicted octanol–water partition coefficient (Wildman–Crippen LogP) is 3.25. The fourth-order valence-electron chi connectivity index (χ4n) is 0.978. The molecule has 0 aliphatic rings. The smallest absolute Gasteiger partial charge is 0.216 e. The quantitative estimate of drug-likeness (QED) is 0.643. The van der Waals surface area contributed by atoms with Crippen LogP contribution >= 0.6 is 58.0 Å². The molecule has 96 valence electrons. The summed E-state index contributed by atoms with van der Waals surface area (Å²) in [6.07, 6.45) is 0. The van der Waals surface area contributed by atoms with Crippen molar-refractivity contribution in [2.45, 2.75) is 6.54 Å². The molecule has 0 aromatic heterocycles. The van der Waals surface area contributed by atoms with Gasteiger partial charge in [-0.3, -0.25) is 0 Å². The summed E-state index contributed by atoms with van der Waals surface area (Å²) in [6.45, 7) is -0.243. The van der Waals surface area contributed by atoms with E-state index in [0.29, 0.717) is 0 Å². The zero-order chi connectivity index (χ0) is 13.4. The molecule has 1 rings (SSSR count). The average molecular weight is 358 g/mol. The lowest BCUT2D eigenvalue weighted by Crippen LogP contribution is -2.30.